The van der Waals surface area contributed by atoms with Crippen LogP contribution in [0.1, 0.15) is 54.2 Å². The molecule has 50 heavy (non-hydrogen) atoms. The zero-order valence-corrected chi connectivity index (χ0v) is 28.7. The molecule has 3 aliphatic heterocycles. The summed E-state index contributed by atoms with van der Waals surface area (Å²) in [5.41, 5.74) is 10.2. The van der Waals surface area contributed by atoms with Crippen LogP contribution in [0.4, 0.5) is 10.2 Å². The summed E-state index contributed by atoms with van der Waals surface area (Å²) in [6.07, 6.45) is 8.35. The van der Waals surface area contributed by atoms with Crippen molar-refractivity contribution >= 4 is 34.1 Å². The molecule has 3 N–H and O–H groups in total. The molecule has 4 aromatic rings. The van der Waals surface area contributed by atoms with E-state index in [-0.39, 0.29) is 17.3 Å². The Labute approximate surface area is 291 Å². The van der Waals surface area contributed by atoms with Crippen molar-refractivity contribution in [2.24, 2.45) is 0 Å². The molecule has 260 valence electrons. The van der Waals surface area contributed by atoms with Gasteiger partial charge in [0.15, 0.2) is 5.82 Å². The predicted molar refractivity (Wildman–Crippen MR) is 193 cm³/mol. The lowest BCUT2D eigenvalue weighted by molar-refractivity contribution is -0.131. The Morgan fingerprint density at radius 1 is 0.980 bits per heavy atom. The molecule has 1 fully saturated rings. The van der Waals surface area contributed by atoms with Crippen molar-refractivity contribution in [3.63, 3.8) is 0 Å². The standard InChI is InChI=1S/C38H43FN8O3/c1-25(2)27-10-6-13-40-37(27)44-18-20-45(21-19-44)38(49)32-23-31-30(28-9-4-5-11-33(28)50-3)22-29(35(39)36(31)42-32)26-8-7-15-46(24-26)34(48)12-16-47-17-14-41-43-47/h4-6,8-11,13-14,17,22-23,25,41-43H,7,12,15-16,18-21,24H2,1-3H3. The average molecular weight is 679 g/mol. The van der Waals surface area contributed by atoms with Crippen LogP contribution in [-0.2, 0) is 4.79 Å². The van der Waals surface area contributed by atoms with Crippen LogP contribution in [-0.4, -0.2) is 89.5 Å². The van der Waals surface area contributed by atoms with Crippen molar-refractivity contribution in [3.05, 3.63) is 95.8 Å². The van der Waals surface area contributed by atoms with Gasteiger partial charge in [-0.2, -0.15) is 0 Å². The number of carbonyl (C=O) groups is 2. The topological polar surface area (TPSA) is 109 Å². The minimum absolute atomic E-state index is 0.000433. The van der Waals surface area contributed by atoms with Gasteiger partial charge in [-0.05, 0) is 53.3 Å². The maximum atomic E-state index is 16.7. The first kappa shape index (κ1) is 33.2. The highest BCUT2D eigenvalue weighted by molar-refractivity contribution is 6.05. The number of benzene rings is 2. The van der Waals surface area contributed by atoms with E-state index in [4.69, 9.17) is 4.74 Å². The monoisotopic (exact) mass is 678 g/mol. The summed E-state index contributed by atoms with van der Waals surface area (Å²) < 4.78 is 22.4. The van der Waals surface area contributed by atoms with Crippen LogP contribution >= 0.6 is 0 Å². The Morgan fingerprint density at radius 2 is 1.80 bits per heavy atom. The van der Waals surface area contributed by atoms with Gasteiger partial charge in [-0.1, -0.05) is 44.2 Å². The molecule has 0 radical (unpaired) electrons. The van der Waals surface area contributed by atoms with E-state index in [1.165, 1.54) is 5.56 Å². The lowest BCUT2D eigenvalue weighted by Crippen LogP contribution is -2.49. The number of nitrogens with zero attached hydrogens (tertiary/aromatic N) is 5. The maximum Gasteiger partial charge on any atom is 0.270 e. The number of hydrogen-bond acceptors (Lipinski definition) is 8. The van der Waals surface area contributed by atoms with E-state index in [9.17, 15) is 9.59 Å². The van der Waals surface area contributed by atoms with Gasteiger partial charge in [0.2, 0.25) is 5.91 Å². The SMILES string of the molecule is COc1ccccc1-c1cc(C2=CCCN(C(=O)CCN3C=CNN3)C2)c(F)c2[nH]c(C(=O)N3CCN(c4ncccc4C(C)C)CC3)cc12. The van der Waals surface area contributed by atoms with Crippen LogP contribution in [0.25, 0.3) is 27.6 Å². The highest BCUT2D eigenvalue weighted by Gasteiger charge is 2.29. The van der Waals surface area contributed by atoms with Gasteiger partial charge in [-0.3, -0.25) is 14.6 Å². The summed E-state index contributed by atoms with van der Waals surface area (Å²) in [4.78, 5) is 40.9. The molecule has 2 aromatic heterocycles. The van der Waals surface area contributed by atoms with E-state index in [0.29, 0.717) is 87.0 Å². The third-order valence-electron chi connectivity index (χ3n) is 9.75. The number of para-hydroxylation sites is 1. The van der Waals surface area contributed by atoms with Crippen molar-refractivity contribution in [3.8, 4) is 16.9 Å². The van der Waals surface area contributed by atoms with Crippen molar-refractivity contribution in [2.75, 3.05) is 57.8 Å². The Kier molecular flexibility index (Phi) is 9.44. The molecule has 0 atom stereocenters. The van der Waals surface area contributed by atoms with E-state index < -0.39 is 5.82 Å². The minimum Gasteiger partial charge on any atom is -0.496 e. The molecule has 3 aliphatic rings. The fourth-order valence-corrected chi connectivity index (χ4v) is 7.06. The largest absolute Gasteiger partial charge is 0.496 e. The molecule has 0 unspecified atom stereocenters. The molecule has 0 spiro atoms. The number of fused-ring (bicyclic) bond motifs is 1. The molecule has 12 heteroatoms. The molecule has 5 heterocycles. The van der Waals surface area contributed by atoms with Gasteiger partial charge in [0, 0.05) is 87.3 Å². The number of amides is 2. The number of nitrogens with one attached hydrogen (secondary N) is 3. The molecule has 7 rings (SSSR count). The van der Waals surface area contributed by atoms with Gasteiger partial charge in [0.1, 0.15) is 17.3 Å². The molecule has 0 bridgehead atoms. The fraction of sp³-hybridized carbons (Fsp3) is 0.342. The molecule has 11 nitrogen and oxygen atoms in total. The van der Waals surface area contributed by atoms with Crippen LogP contribution in [0.2, 0.25) is 0 Å². The summed E-state index contributed by atoms with van der Waals surface area (Å²) >= 11 is 0. The van der Waals surface area contributed by atoms with Crippen molar-refractivity contribution in [2.45, 2.75) is 32.6 Å². The smallest absolute Gasteiger partial charge is 0.270 e. The lowest BCUT2D eigenvalue weighted by atomic mass is 9.93. The minimum atomic E-state index is -0.447. The summed E-state index contributed by atoms with van der Waals surface area (Å²) in [5.74, 6) is 1.32. The zero-order valence-electron chi connectivity index (χ0n) is 28.7. The number of hydrazine groups is 2. The van der Waals surface area contributed by atoms with Gasteiger partial charge >= 0.3 is 0 Å². The summed E-state index contributed by atoms with van der Waals surface area (Å²) in [6, 6.07) is 15.3. The van der Waals surface area contributed by atoms with E-state index in [0.717, 1.165) is 22.5 Å². The molecule has 1 saturated heterocycles. The third-order valence-corrected chi connectivity index (χ3v) is 9.75. The number of hydrogen-bond donors (Lipinski definition) is 3. The number of carbonyl (C=O) groups excluding carboxylic acids is 2. The van der Waals surface area contributed by atoms with Gasteiger partial charge in [-0.25, -0.2) is 9.37 Å². The third kappa shape index (κ3) is 6.50. The van der Waals surface area contributed by atoms with Gasteiger partial charge in [0.25, 0.3) is 5.91 Å². The summed E-state index contributed by atoms with van der Waals surface area (Å²) in [5, 5.41) is 2.40. The van der Waals surface area contributed by atoms with Crippen LogP contribution in [0.5, 0.6) is 5.75 Å². The lowest BCUT2D eigenvalue weighted by Gasteiger charge is -2.36. The normalized spacial score (nSPS) is 16.3. The number of methoxy groups -OCH3 is 1. The number of anilines is 1. The second-order valence-corrected chi connectivity index (χ2v) is 13.2. The number of halogens is 1. The van der Waals surface area contributed by atoms with Crippen molar-refractivity contribution < 1.29 is 18.7 Å². The van der Waals surface area contributed by atoms with Crippen LogP contribution in [0.3, 0.4) is 0 Å². The Bertz CT molecular complexity index is 1960. The highest BCUT2D eigenvalue weighted by atomic mass is 19.1. The van der Waals surface area contributed by atoms with Crippen LogP contribution < -0.4 is 20.6 Å². The Morgan fingerprint density at radius 3 is 2.56 bits per heavy atom. The number of piperazine rings is 1. The van der Waals surface area contributed by atoms with E-state index >= 15 is 4.39 Å². The average Bonchev–Trinajstić information content (AvgIpc) is 3.85. The van der Waals surface area contributed by atoms with Gasteiger partial charge < -0.3 is 29.8 Å². The van der Waals surface area contributed by atoms with E-state index in [2.05, 4.69) is 45.7 Å². The fourth-order valence-electron chi connectivity index (χ4n) is 7.06. The van der Waals surface area contributed by atoms with Crippen molar-refractivity contribution in [1.82, 2.24) is 35.7 Å². The molecular formula is C38H43FN8O3. The Balaban J connectivity index is 1.18. The van der Waals surface area contributed by atoms with Crippen LogP contribution in [0, 0.1) is 5.82 Å². The highest BCUT2D eigenvalue weighted by Crippen LogP contribution is 2.40. The summed E-state index contributed by atoms with van der Waals surface area (Å²) in [6.45, 7) is 8.03. The maximum absolute atomic E-state index is 16.7. The van der Waals surface area contributed by atoms with Crippen molar-refractivity contribution in [1.29, 1.82) is 0 Å². The van der Waals surface area contributed by atoms with Gasteiger partial charge in [0.05, 0.1) is 12.6 Å². The quantitative estimate of drug-likeness (QED) is 0.220. The number of aromatic amines is 1. The second-order valence-electron chi connectivity index (χ2n) is 13.2. The first-order chi connectivity index (χ1) is 24.3. The first-order valence-electron chi connectivity index (χ1n) is 17.2. The molecule has 2 aromatic carbocycles. The molecule has 0 saturated carbocycles. The number of H-pyrrole nitrogens is 1. The zero-order chi connectivity index (χ0) is 34.8. The van der Waals surface area contributed by atoms with E-state index in [1.54, 1.807) is 29.3 Å². The summed E-state index contributed by atoms with van der Waals surface area (Å²) in [7, 11) is 1.61. The van der Waals surface area contributed by atoms with Gasteiger partial charge in [-0.15, -0.1) is 5.53 Å². The Hall–Kier alpha value is -5.36. The molecular weight excluding hydrogens is 635 g/mol. The first-order valence-corrected chi connectivity index (χ1v) is 17.2. The molecule has 2 amide bonds. The van der Waals surface area contributed by atoms with E-state index in [1.807, 2.05) is 59.8 Å². The number of ether oxygens (including phenoxy) is 1. The van der Waals surface area contributed by atoms with Crippen LogP contribution in [0.15, 0.2) is 73.2 Å². The number of aromatic nitrogens is 2. The molecule has 0 aliphatic carbocycles. The predicted octanol–water partition coefficient (Wildman–Crippen LogP) is 5.27. The number of rotatable bonds is 9. The second kappa shape index (κ2) is 14.2. The number of pyridine rings is 1.